The maximum absolute atomic E-state index is 12.5. The number of unbranched alkanes of at least 4 members (excludes halogenated alkanes) is 11. The first kappa shape index (κ1) is 29.0. The van der Waals surface area contributed by atoms with Crippen LogP contribution in [0.4, 0.5) is 0 Å². The maximum Gasteiger partial charge on any atom is 0.309 e. The molecule has 1 saturated carbocycles. The molecule has 2 unspecified atom stereocenters. The molecule has 32 heavy (non-hydrogen) atoms. The van der Waals surface area contributed by atoms with Crippen LogP contribution >= 0.6 is 0 Å². The Morgan fingerprint density at radius 3 is 1.50 bits per heavy atom. The van der Waals surface area contributed by atoms with Gasteiger partial charge >= 0.3 is 11.9 Å². The number of rotatable bonds is 19. The van der Waals surface area contributed by atoms with Gasteiger partial charge in [0.25, 0.3) is 0 Å². The summed E-state index contributed by atoms with van der Waals surface area (Å²) in [5.41, 5.74) is 0. The van der Waals surface area contributed by atoms with Crippen molar-refractivity contribution in [1.82, 2.24) is 0 Å². The predicted octanol–water partition coefficient (Wildman–Crippen LogP) is 8.02. The van der Waals surface area contributed by atoms with Crippen molar-refractivity contribution in [2.45, 2.75) is 136 Å². The number of carbonyl (C=O) groups is 2. The van der Waals surface area contributed by atoms with Crippen LogP contribution in [0.1, 0.15) is 136 Å². The lowest BCUT2D eigenvalue weighted by atomic mass is 9.79. The number of ether oxygens (including phenoxy) is 2. The minimum Gasteiger partial charge on any atom is -0.465 e. The molecular formula is C28H52O4. The first-order valence-corrected chi connectivity index (χ1v) is 13.9. The molecule has 0 aromatic rings. The molecule has 0 radical (unpaired) electrons. The Balaban J connectivity index is 1.97. The average Bonchev–Trinajstić information content (AvgIpc) is 2.79. The van der Waals surface area contributed by atoms with Gasteiger partial charge in [0.1, 0.15) is 0 Å². The fourth-order valence-corrected chi connectivity index (χ4v) is 4.71. The second-order valence-electron chi connectivity index (χ2n) is 10.3. The first-order valence-electron chi connectivity index (χ1n) is 13.9. The summed E-state index contributed by atoms with van der Waals surface area (Å²) >= 11 is 0. The average molecular weight is 453 g/mol. The summed E-state index contributed by atoms with van der Waals surface area (Å²) in [5, 5.41) is 0. The predicted molar refractivity (Wildman–Crippen MR) is 133 cm³/mol. The molecule has 0 heterocycles. The minimum atomic E-state index is -0.303. The van der Waals surface area contributed by atoms with Crippen LogP contribution in [-0.4, -0.2) is 25.2 Å². The topological polar surface area (TPSA) is 52.6 Å². The van der Waals surface area contributed by atoms with Gasteiger partial charge in [-0.3, -0.25) is 9.59 Å². The van der Waals surface area contributed by atoms with Gasteiger partial charge in [-0.15, -0.1) is 0 Å². The highest BCUT2D eigenvalue weighted by Gasteiger charge is 2.37. The first-order chi connectivity index (χ1) is 15.6. The molecule has 1 aliphatic rings. The van der Waals surface area contributed by atoms with E-state index in [2.05, 4.69) is 13.8 Å². The van der Waals surface area contributed by atoms with Crippen LogP contribution in [0.25, 0.3) is 0 Å². The zero-order valence-electron chi connectivity index (χ0n) is 21.5. The molecule has 2 atom stereocenters. The molecule has 1 aliphatic carbocycles. The number of esters is 2. The Morgan fingerprint density at radius 1 is 0.656 bits per heavy atom. The van der Waals surface area contributed by atoms with E-state index in [1.54, 1.807) is 0 Å². The zero-order chi connectivity index (χ0) is 23.4. The molecule has 188 valence electrons. The van der Waals surface area contributed by atoms with E-state index in [0.29, 0.717) is 13.2 Å². The standard InChI is InChI=1S/C28H52O4/c1-4-22-31-27(29)25-20-16-17-21-26(25)28(30)32-23-18-14-12-10-8-6-5-7-9-11-13-15-19-24(2)3/h24-26H,4-23H2,1-3H3. The fraction of sp³-hybridized carbons (Fsp3) is 0.929. The van der Waals surface area contributed by atoms with Gasteiger partial charge in [0.2, 0.25) is 0 Å². The Labute approximate surface area is 198 Å². The van der Waals surface area contributed by atoms with Gasteiger partial charge < -0.3 is 9.47 Å². The van der Waals surface area contributed by atoms with E-state index in [-0.39, 0.29) is 23.8 Å². The van der Waals surface area contributed by atoms with Gasteiger partial charge in [0, 0.05) is 0 Å². The van der Waals surface area contributed by atoms with E-state index < -0.39 is 0 Å². The van der Waals surface area contributed by atoms with Crippen LogP contribution in [0.2, 0.25) is 0 Å². The molecule has 1 rings (SSSR count). The minimum absolute atomic E-state index is 0.188. The number of hydrogen-bond acceptors (Lipinski definition) is 4. The highest BCUT2D eigenvalue weighted by Crippen LogP contribution is 2.32. The largest absolute Gasteiger partial charge is 0.465 e. The molecule has 0 N–H and O–H groups in total. The van der Waals surface area contributed by atoms with Crippen molar-refractivity contribution in [2.75, 3.05) is 13.2 Å². The van der Waals surface area contributed by atoms with Crippen molar-refractivity contribution in [3.05, 3.63) is 0 Å². The SMILES string of the molecule is CCCOC(=O)C1CCCCC1C(=O)OCCCCCCCCCCCCCCC(C)C. The molecule has 0 aromatic heterocycles. The third-order valence-electron chi connectivity index (χ3n) is 6.74. The molecule has 4 heteroatoms. The molecule has 0 spiro atoms. The Kier molecular flexibility index (Phi) is 17.6. The smallest absolute Gasteiger partial charge is 0.309 e. The van der Waals surface area contributed by atoms with Gasteiger partial charge in [-0.05, 0) is 31.6 Å². The molecule has 4 nitrogen and oxygen atoms in total. The maximum atomic E-state index is 12.5. The lowest BCUT2D eigenvalue weighted by Crippen LogP contribution is -2.35. The summed E-state index contributed by atoms with van der Waals surface area (Å²) in [7, 11) is 0. The molecule has 0 aromatic carbocycles. The highest BCUT2D eigenvalue weighted by molar-refractivity contribution is 5.82. The third kappa shape index (κ3) is 14.2. The van der Waals surface area contributed by atoms with Gasteiger partial charge in [-0.2, -0.15) is 0 Å². The van der Waals surface area contributed by atoms with Crippen molar-refractivity contribution < 1.29 is 19.1 Å². The summed E-state index contributed by atoms with van der Waals surface area (Å²) < 4.78 is 10.8. The van der Waals surface area contributed by atoms with Gasteiger partial charge in [-0.25, -0.2) is 0 Å². The quantitative estimate of drug-likeness (QED) is 0.147. The third-order valence-corrected chi connectivity index (χ3v) is 6.74. The normalized spacial score (nSPS) is 18.6. The number of carbonyl (C=O) groups excluding carboxylic acids is 2. The Morgan fingerprint density at radius 2 is 1.06 bits per heavy atom. The van der Waals surface area contributed by atoms with Crippen LogP contribution < -0.4 is 0 Å². The Hall–Kier alpha value is -1.06. The van der Waals surface area contributed by atoms with Gasteiger partial charge in [-0.1, -0.05) is 111 Å². The molecule has 0 saturated heterocycles. The van der Waals surface area contributed by atoms with Gasteiger partial charge in [0.05, 0.1) is 25.0 Å². The van der Waals surface area contributed by atoms with E-state index in [1.165, 1.54) is 70.6 Å². The van der Waals surface area contributed by atoms with E-state index >= 15 is 0 Å². The summed E-state index contributed by atoms with van der Waals surface area (Å²) in [4.78, 5) is 24.8. The van der Waals surface area contributed by atoms with Crippen LogP contribution in [-0.2, 0) is 19.1 Å². The van der Waals surface area contributed by atoms with Crippen molar-refractivity contribution in [1.29, 1.82) is 0 Å². The van der Waals surface area contributed by atoms with E-state index in [1.807, 2.05) is 6.92 Å². The molecular weight excluding hydrogens is 400 g/mol. The Bertz CT molecular complexity index is 474. The molecule has 1 fully saturated rings. The van der Waals surface area contributed by atoms with E-state index in [4.69, 9.17) is 9.47 Å². The molecule has 0 bridgehead atoms. The van der Waals surface area contributed by atoms with Crippen molar-refractivity contribution in [3.63, 3.8) is 0 Å². The zero-order valence-corrected chi connectivity index (χ0v) is 21.5. The summed E-state index contributed by atoms with van der Waals surface area (Å²) in [6.07, 6.45) is 21.3. The van der Waals surface area contributed by atoms with E-state index in [0.717, 1.165) is 50.9 Å². The van der Waals surface area contributed by atoms with E-state index in [9.17, 15) is 9.59 Å². The summed E-state index contributed by atoms with van der Waals surface area (Å²) in [6.45, 7) is 7.54. The summed E-state index contributed by atoms with van der Waals surface area (Å²) in [5.74, 6) is -0.148. The van der Waals surface area contributed by atoms with Crippen molar-refractivity contribution >= 4 is 11.9 Å². The molecule has 0 aliphatic heterocycles. The monoisotopic (exact) mass is 452 g/mol. The van der Waals surface area contributed by atoms with Crippen molar-refractivity contribution in [2.24, 2.45) is 17.8 Å². The number of hydrogen-bond donors (Lipinski definition) is 0. The summed E-state index contributed by atoms with van der Waals surface area (Å²) in [6, 6.07) is 0. The van der Waals surface area contributed by atoms with Crippen LogP contribution in [0.3, 0.4) is 0 Å². The lowest BCUT2D eigenvalue weighted by molar-refractivity contribution is -0.163. The second-order valence-corrected chi connectivity index (χ2v) is 10.3. The fourth-order valence-electron chi connectivity index (χ4n) is 4.71. The molecule has 0 amide bonds. The lowest BCUT2D eigenvalue weighted by Gasteiger charge is -2.28. The highest BCUT2D eigenvalue weighted by atomic mass is 16.5. The van der Waals surface area contributed by atoms with Crippen molar-refractivity contribution in [3.8, 4) is 0 Å². The van der Waals surface area contributed by atoms with Crippen LogP contribution in [0, 0.1) is 17.8 Å². The van der Waals surface area contributed by atoms with Crippen LogP contribution in [0.15, 0.2) is 0 Å². The van der Waals surface area contributed by atoms with Crippen LogP contribution in [0.5, 0.6) is 0 Å². The second kappa shape index (κ2) is 19.4. The van der Waals surface area contributed by atoms with Gasteiger partial charge in [0.15, 0.2) is 0 Å².